The highest BCUT2D eigenvalue weighted by Crippen LogP contribution is 2.28. The number of hydrogen-bond donors (Lipinski definition) is 1. The summed E-state index contributed by atoms with van der Waals surface area (Å²) in [7, 11) is 0. The molecule has 0 atom stereocenters. The molecule has 1 aromatic heterocycles. The zero-order valence-electron chi connectivity index (χ0n) is 10.6. The molecule has 0 aliphatic rings. The van der Waals surface area contributed by atoms with E-state index < -0.39 is 0 Å². The van der Waals surface area contributed by atoms with Crippen molar-refractivity contribution in [1.82, 2.24) is 9.97 Å². The van der Waals surface area contributed by atoms with Crippen LogP contribution in [0.4, 0.5) is 5.82 Å². The van der Waals surface area contributed by atoms with Gasteiger partial charge in [-0.05, 0) is 13.3 Å². The summed E-state index contributed by atoms with van der Waals surface area (Å²) in [6.45, 7) is 9.56. The molecule has 1 N–H and O–H groups in total. The smallest absolute Gasteiger partial charge is 0.133 e. The maximum absolute atomic E-state index is 4.39. The number of nitrogens with zero attached hydrogens (tertiary/aromatic N) is 2. The highest BCUT2D eigenvalue weighted by atomic mass is 32.2. The van der Waals surface area contributed by atoms with Crippen molar-refractivity contribution < 1.29 is 0 Å². The molecule has 1 heterocycles. The summed E-state index contributed by atoms with van der Waals surface area (Å²) in [5, 5.41) is 4.99. The molecule has 0 radical (unpaired) electrons. The van der Waals surface area contributed by atoms with Crippen molar-refractivity contribution in [2.24, 2.45) is 0 Å². The van der Waals surface area contributed by atoms with Crippen molar-refractivity contribution in [1.29, 1.82) is 0 Å². The van der Waals surface area contributed by atoms with Crippen LogP contribution in [0.5, 0.6) is 0 Å². The van der Waals surface area contributed by atoms with Crippen LogP contribution in [0.3, 0.4) is 0 Å². The van der Waals surface area contributed by atoms with Gasteiger partial charge in [0.2, 0.25) is 0 Å². The molecule has 1 aromatic rings. The third-order valence-electron chi connectivity index (χ3n) is 2.10. The van der Waals surface area contributed by atoms with Gasteiger partial charge >= 0.3 is 0 Å². The van der Waals surface area contributed by atoms with Crippen molar-refractivity contribution in [3.05, 3.63) is 11.9 Å². The monoisotopic (exact) mass is 239 g/mol. The van der Waals surface area contributed by atoms with E-state index in [0.717, 1.165) is 30.2 Å². The largest absolute Gasteiger partial charge is 0.370 e. The molecule has 0 aliphatic heterocycles. The molecule has 4 heteroatoms. The molecule has 0 aliphatic carbocycles. The summed E-state index contributed by atoms with van der Waals surface area (Å²) < 4.78 is 0. The second-order valence-corrected chi connectivity index (χ2v) is 5.52. The number of aromatic nitrogens is 2. The Morgan fingerprint density at radius 2 is 2.06 bits per heavy atom. The Balaban J connectivity index is 3.00. The fourth-order valence-electron chi connectivity index (χ4n) is 1.52. The topological polar surface area (TPSA) is 37.8 Å². The molecule has 0 unspecified atom stereocenters. The summed E-state index contributed by atoms with van der Waals surface area (Å²) in [5.41, 5.74) is 1.27. The average Bonchev–Trinajstić information content (AvgIpc) is 2.22. The van der Waals surface area contributed by atoms with Gasteiger partial charge in [0.1, 0.15) is 17.2 Å². The predicted molar refractivity (Wildman–Crippen MR) is 71.2 cm³/mol. The van der Waals surface area contributed by atoms with E-state index in [-0.39, 0.29) is 0 Å². The van der Waals surface area contributed by atoms with Crippen LogP contribution in [0.25, 0.3) is 0 Å². The zero-order valence-corrected chi connectivity index (χ0v) is 11.4. The number of nitrogens with one attached hydrogen (secondary N) is 1. The van der Waals surface area contributed by atoms with E-state index in [0.29, 0.717) is 5.25 Å². The first-order valence-corrected chi connectivity index (χ1v) is 6.81. The average molecular weight is 239 g/mol. The van der Waals surface area contributed by atoms with Gasteiger partial charge in [0.15, 0.2) is 0 Å². The van der Waals surface area contributed by atoms with E-state index in [1.165, 1.54) is 5.56 Å². The molecular weight excluding hydrogens is 218 g/mol. The van der Waals surface area contributed by atoms with Crippen LogP contribution in [-0.4, -0.2) is 21.8 Å². The standard InChI is InChI=1S/C12H21N3S/c1-5-7-10-11(13-6-2)14-8-15-12(10)16-9(3)4/h8-9H,5-7H2,1-4H3,(H,13,14,15). The van der Waals surface area contributed by atoms with Gasteiger partial charge < -0.3 is 5.32 Å². The molecule has 0 aromatic carbocycles. The van der Waals surface area contributed by atoms with Gasteiger partial charge in [-0.15, -0.1) is 11.8 Å². The molecule has 1 rings (SSSR count). The minimum Gasteiger partial charge on any atom is -0.370 e. The minimum absolute atomic E-state index is 0.556. The van der Waals surface area contributed by atoms with E-state index >= 15 is 0 Å². The Morgan fingerprint density at radius 1 is 1.31 bits per heavy atom. The van der Waals surface area contributed by atoms with Crippen molar-refractivity contribution >= 4 is 17.6 Å². The summed E-state index contributed by atoms with van der Waals surface area (Å²) in [5.74, 6) is 1.00. The van der Waals surface area contributed by atoms with E-state index in [2.05, 4.69) is 43.0 Å². The number of anilines is 1. The van der Waals surface area contributed by atoms with Crippen molar-refractivity contribution in [3.63, 3.8) is 0 Å². The summed E-state index contributed by atoms with van der Waals surface area (Å²) in [4.78, 5) is 8.71. The number of rotatable bonds is 6. The quantitative estimate of drug-likeness (QED) is 0.610. The third kappa shape index (κ3) is 3.67. The number of thioether (sulfide) groups is 1. The second kappa shape index (κ2) is 6.74. The fourth-order valence-corrected chi connectivity index (χ4v) is 2.41. The molecule has 3 nitrogen and oxygen atoms in total. The van der Waals surface area contributed by atoms with Crippen molar-refractivity contribution in [3.8, 4) is 0 Å². The Kier molecular flexibility index (Phi) is 5.60. The summed E-state index contributed by atoms with van der Waals surface area (Å²) in [6.07, 6.45) is 3.82. The highest BCUT2D eigenvalue weighted by Gasteiger charge is 2.11. The maximum atomic E-state index is 4.39. The summed E-state index contributed by atoms with van der Waals surface area (Å²) >= 11 is 1.81. The van der Waals surface area contributed by atoms with Gasteiger partial charge in [0.05, 0.1) is 0 Å². The Labute approximate surface area is 102 Å². The van der Waals surface area contributed by atoms with E-state index in [9.17, 15) is 0 Å². The Bertz CT molecular complexity index is 326. The van der Waals surface area contributed by atoms with Crippen LogP contribution in [-0.2, 0) is 6.42 Å². The van der Waals surface area contributed by atoms with Gasteiger partial charge in [-0.25, -0.2) is 9.97 Å². The molecule has 0 amide bonds. The van der Waals surface area contributed by atoms with Gasteiger partial charge in [0, 0.05) is 17.4 Å². The predicted octanol–water partition coefficient (Wildman–Crippen LogP) is 3.36. The zero-order chi connectivity index (χ0) is 12.0. The Hall–Kier alpha value is -0.770. The first-order valence-electron chi connectivity index (χ1n) is 5.93. The molecule has 0 saturated carbocycles. The van der Waals surface area contributed by atoms with Gasteiger partial charge in [0.25, 0.3) is 0 Å². The van der Waals surface area contributed by atoms with Gasteiger partial charge in [-0.2, -0.15) is 0 Å². The second-order valence-electron chi connectivity index (χ2n) is 3.95. The van der Waals surface area contributed by atoms with Gasteiger partial charge in [-0.1, -0.05) is 27.2 Å². The minimum atomic E-state index is 0.556. The fraction of sp³-hybridized carbons (Fsp3) is 0.667. The van der Waals surface area contributed by atoms with Crippen LogP contribution < -0.4 is 5.32 Å². The van der Waals surface area contributed by atoms with Crippen LogP contribution in [0.15, 0.2) is 11.4 Å². The van der Waals surface area contributed by atoms with Crippen LogP contribution in [0, 0.1) is 0 Å². The first-order chi connectivity index (χ1) is 7.69. The van der Waals surface area contributed by atoms with Crippen molar-refractivity contribution in [2.45, 2.75) is 50.8 Å². The Morgan fingerprint density at radius 3 is 2.62 bits per heavy atom. The lowest BCUT2D eigenvalue weighted by molar-refractivity contribution is 0.853. The third-order valence-corrected chi connectivity index (χ3v) is 3.14. The molecule has 0 saturated heterocycles. The molecular formula is C12H21N3S. The molecule has 0 spiro atoms. The van der Waals surface area contributed by atoms with Crippen molar-refractivity contribution in [2.75, 3.05) is 11.9 Å². The lowest BCUT2D eigenvalue weighted by atomic mass is 10.2. The number of hydrogen-bond acceptors (Lipinski definition) is 4. The van der Waals surface area contributed by atoms with E-state index in [4.69, 9.17) is 0 Å². The van der Waals surface area contributed by atoms with Crippen LogP contribution in [0.1, 0.15) is 39.7 Å². The highest BCUT2D eigenvalue weighted by molar-refractivity contribution is 7.99. The maximum Gasteiger partial charge on any atom is 0.133 e. The SMILES string of the molecule is CCCc1c(NCC)ncnc1SC(C)C. The lowest BCUT2D eigenvalue weighted by Gasteiger charge is -2.13. The van der Waals surface area contributed by atoms with E-state index in [1.807, 2.05) is 11.8 Å². The normalized spacial score (nSPS) is 10.8. The lowest BCUT2D eigenvalue weighted by Crippen LogP contribution is -2.06. The molecule has 16 heavy (non-hydrogen) atoms. The van der Waals surface area contributed by atoms with E-state index in [1.54, 1.807) is 6.33 Å². The first kappa shape index (κ1) is 13.3. The molecule has 90 valence electrons. The molecule has 0 bridgehead atoms. The van der Waals surface area contributed by atoms with Gasteiger partial charge in [-0.3, -0.25) is 0 Å². The molecule has 0 fully saturated rings. The van der Waals surface area contributed by atoms with Crippen LogP contribution in [0.2, 0.25) is 0 Å². The van der Waals surface area contributed by atoms with Crippen LogP contribution >= 0.6 is 11.8 Å². The summed E-state index contributed by atoms with van der Waals surface area (Å²) in [6, 6.07) is 0.